The number of amides is 2. The molecule has 0 bridgehead atoms. The quantitative estimate of drug-likeness (QED) is 0.822. The number of hydrogen-bond donors (Lipinski definition) is 0. The molecule has 5 nitrogen and oxygen atoms in total. The molecule has 1 aliphatic carbocycles. The Morgan fingerprint density at radius 2 is 1.79 bits per heavy atom. The fourth-order valence-corrected chi connectivity index (χ4v) is 5.08. The fraction of sp³-hybridized carbons (Fsp3) is 0.667. The van der Waals surface area contributed by atoms with Crippen LogP contribution in [0.3, 0.4) is 0 Å². The van der Waals surface area contributed by atoms with Gasteiger partial charge in [0, 0.05) is 37.7 Å². The van der Waals surface area contributed by atoms with E-state index in [1.807, 2.05) is 9.80 Å². The van der Waals surface area contributed by atoms with E-state index in [-0.39, 0.29) is 17.9 Å². The number of aryl methyl sites for hydroxylation is 2. The minimum absolute atomic E-state index is 0.103. The van der Waals surface area contributed by atoms with Crippen molar-refractivity contribution < 1.29 is 14.3 Å². The molecule has 1 aromatic heterocycles. The lowest BCUT2D eigenvalue weighted by atomic mass is 9.99. The topological polar surface area (TPSA) is 49.9 Å². The zero-order valence-electron chi connectivity index (χ0n) is 14.0. The van der Waals surface area contributed by atoms with Crippen LogP contribution in [0.1, 0.15) is 45.8 Å². The zero-order chi connectivity index (χ0) is 16.5. The van der Waals surface area contributed by atoms with Crippen LogP contribution in [0.4, 0.5) is 0 Å². The smallest absolute Gasteiger partial charge is 0.264 e. The molecule has 2 aliphatic heterocycles. The van der Waals surface area contributed by atoms with E-state index in [2.05, 4.69) is 6.07 Å². The Morgan fingerprint density at radius 3 is 2.50 bits per heavy atom. The van der Waals surface area contributed by atoms with Crippen LogP contribution >= 0.6 is 11.3 Å². The summed E-state index contributed by atoms with van der Waals surface area (Å²) in [5, 5.41) is 0. The molecule has 2 saturated heterocycles. The number of piperazine rings is 1. The third-order valence-electron chi connectivity index (χ3n) is 5.29. The summed E-state index contributed by atoms with van der Waals surface area (Å²) < 4.78 is 5.49. The van der Waals surface area contributed by atoms with Crippen LogP contribution in [-0.2, 0) is 22.4 Å². The van der Waals surface area contributed by atoms with Crippen molar-refractivity contribution in [2.45, 2.75) is 44.6 Å². The molecule has 0 unspecified atom stereocenters. The number of thiophene rings is 1. The van der Waals surface area contributed by atoms with E-state index in [1.165, 1.54) is 23.3 Å². The lowest BCUT2D eigenvalue weighted by Gasteiger charge is -2.35. The molecule has 4 rings (SSSR count). The maximum Gasteiger partial charge on any atom is 0.264 e. The van der Waals surface area contributed by atoms with Gasteiger partial charge in [-0.25, -0.2) is 0 Å². The monoisotopic (exact) mass is 348 g/mol. The van der Waals surface area contributed by atoms with Gasteiger partial charge in [0.1, 0.15) is 6.10 Å². The molecule has 1 atom stereocenters. The van der Waals surface area contributed by atoms with Crippen molar-refractivity contribution in [3.8, 4) is 0 Å². The van der Waals surface area contributed by atoms with Gasteiger partial charge in [-0.15, -0.1) is 11.3 Å². The van der Waals surface area contributed by atoms with E-state index >= 15 is 0 Å². The summed E-state index contributed by atoms with van der Waals surface area (Å²) in [6.07, 6.45) is 6.26. The SMILES string of the molecule is O=C(c1cc2c(s1)CCCC2)N1CCN(C(=O)[C@H]2CCCO2)CC1. The van der Waals surface area contributed by atoms with Gasteiger partial charge in [0.2, 0.25) is 0 Å². The van der Waals surface area contributed by atoms with Crippen molar-refractivity contribution in [3.05, 3.63) is 21.4 Å². The van der Waals surface area contributed by atoms with Crippen LogP contribution in [0.25, 0.3) is 0 Å². The standard InChI is InChI=1S/C18H24N2O3S/c21-17(14-5-3-11-23-14)19-7-9-20(10-8-19)18(22)16-12-13-4-1-2-6-15(13)24-16/h12,14H,1-11H2/t14-/m1/s1. The summed E-state index contributed by atoms with van der Waals surface area (Å²) >= 11 is 1.67. The van der Waals surface area contributed by atoms with Crippen molar-refractivity contribution in [1.82, 2.24) is 9.80 Å². The van der Waals surface area contributed by atoms with Crippen LogP contribution in [0.2, 0.25) is 0 Å². The molecule has 130 valence electrons. The van der Waals surface area contributed by atoms with Gasteiger partial charge in [-0.3, -0.25) is 9.59 Å². The average Bonchev–Trinajstić information content (AvgIpc) is 3.30. The molecule has 0 radical (unpaired) electrons. The lowest BCUT2D eigenvalue weighted by Crippen LogP contribution is -2.52. The first-order valence-corrected chi connectivity index (χ1v) is 9.85. The number of rotatable bonds is 2. The molecule has 2 amide bonds. The summed E-state index contributed by atoms with van der Waals surface area (Å²) in [5.41, 5.74) is 1.38. The summed E-state index contributed by atoms with van der Waals surface area (Å²) in [7, 11) is 0. The number of fused-ring (bicyclic) bond motifs is 1. The van der Waals surface area contributed by atoms with Crippen LogP contribution < -0.4 is 0 Å². The first-order chi connectivity index (χ1) is 11.7. The molecule has 1 aromatic rings. The van der Waals surface area contributed by atoms with Gasteiger partial charge in [-0.05, 0) is 50.2 Å². The molecule has 3 aliphatic rings. The highest BCUT2D eigenvalue weighted by Crippen LogP contribution is 2.30. The van der Waals surface area contributed by atoms with Crippen molar-refractivity contribution in [2.24, 2.45) is 0 Å². The van der Waals surface area contributed by atoms with Gasteiger partial charge in [0.05, 0.1) is 4.88 Å². The molecular weight excluding hydrogens is 324 g/mol. The molecule has 6 heteroatoms. The summed E-state index contributed by atoms with van der Waals surface area (Å²) in [6, 6.07) is 2.10. The van der Waals surface area contributed by atoms with Crippen LogP contribution in [-0.4, -0.2) is 60.5 Å². The lowest BCUT2D eigenvalue weighted by molar-refractivity contribution is -0.142. The van der Waals surface area contributed by atoms with E-state index in [9.17, 15) is 9.59 Å². The normalized spacial score (nSPS) is 24.1. The molecule has 0 spiro atoms. The van der Waals surface area contributed by atoms with Crippen LogP contribution in [0.15, 0.2) is 6.07 Å². The van der Waals surface area contributed by atoms with E-state index < -0.39 is 0 Å². The Bertz CT molecular complexity index is 605. The van der Waals surface area contributed by atoms with Gasteiger partial charge in [0.15, 0.2) is 0 Å². The second-order valence-corrected chi connectivity index (χ2v) is 8.02. The molecular formula is C18H24N2O3S. The molecule has 0 saturated carbocycles. The Morgan fingerprint density at radius 1 is 1.04 bits per heavy atom. The maximum atomic E-state index is 12.8. The minimum atomic E-state index is -0.253. The zero-order valence-corrected chi connectivity index (χ0v) is 14.8. The summed E-state index contributed by atoms with van der Waals surface area (Å²) in [4.78, 5) is 31.2. The fourth-order valence-electron chi connectivity index (χ4n) is 3.86. The number of ether oxygens (including phenoxy) is 1. The average molecular weight is 348 g/mol. The Hall–Kier alpha value is -1.40. The second kappa shape index (κ2) is 6.84. The number of hydrogen-bond acceptors (Lipinski definition) is 4. The van der Waals surface area contributed by atoms with Crippen molar-refractivity contribution >= 4 is 23.2 Å². The van der Waals surface area contributed by atoms with Crippen molar-refractivity contribution in [3.63, 3.8) is 0 Å². The number of carbonyl (C=O) groups is 2. The van der Waals surface area contributed by atoms with Gasteiger partial charge >= 0.3 is 0 Å². The Kier molecular flexibility index (Phi) is 4.59. The Balaban J connectivity index is 1.36. The highest BCUT2D eigenvalue weighted by Gasteiger charge is 2.32. The molecule has 2 fully saturated rings. The summed E-state index contributed by atoms with van der Waals surface area (Å²) in [6.45, 7) is 3.18. The maximum absolute atomic E-state index is 12.8. The first-order valence-electron chi connectivity index (χ1n) is 9.03. The van der Waals surface area contributed by atoms with Gasteiger partial charge in [0.25, 0.3) is 11.8 Å². The van der Waals surface area contributed by atoms with Gasteiger partial charge < -0.3 is 14.5 Å². The largest absolute Gasteiger partial charge is 0.368 e. The number of nitrogens with zero attached hydrogens (tertiary/aromatic N) is 2. The van der Waals surface area contributed by atoms with Crippen LogP contribution in [0.5, 0.6) is 0 Å². The third kappa shape index (κ3) is 3.09. The predicted molar refractivity (Wildman–Crippen MR) is 92.4 cm³/mol. The van der Waals surface area contributed by atoms with Crippen molar-refractivity contribution in [1.29, 1.82) is 0 Å². The molecule has 24 heavy (non-hydrogen) atoms. The van der Waals surface area contributed by atoms with E-state index in [4.69, 9.17) is 4.74 Å². The van der Waals surface area contributed by atoms with Crippen LogP contribution in [0, 0.1) is 0 Å². The Labute approximate surface area is 146 Å². The summed E-state index contributed by atoms with van der Waals surface area (Å²) in [5.74, 6) is 0.241. The highest BCUT2D eigenvalue weighted by atomic mass is 32.1. The van der Waals surface area contributed by atoms with E-state index in [1.54, 1.807) is 11.3 Å². The molecule has 0 N–H and O–H groups in total. The third-order valence-corrected chi connectivity index (χ3v) is 6.52. The molecule has 0 aromatic carbocycles. The second-order valence-electron chi connectivity index (χ2n) is 6.89. The number of carbonyl (C=O) groups excluding carboxylic acids is 2. The highest BCUT2D eigenvalue weighted by molar-refractivity contribution is 7.14. The van der Waals surface area contributed by atoms with Crippen molar-refractivity contribution in [2.75, 3.05) is 32.8 Å². The first kappa shape index (κ1) is 16.1. The van der Waals surface area contributed by atoms with Gasteiger partial charge in [-0.2, -0.15) is 0 Å². The van der Waals surface area contributed by atoms with E-state index in [0.29, 0.717) is 32.8 Å². The van der Waals surface area contributed by atoms with Gasteiger partial charge in [-0.1, -0.05) is 0 Å². The van der Waals surface area contributed by atoms with E-state index in [0.717, 1.165) is 30.6 Å². The molecule has 3 heterocycles. The minimum Gasteiger partial charge on any atom is -0.368 e. The predicted octanol–water partition coefficient (Wildman–Crippen LogP) is 2.09.